The number of hydrogen-bond donors (Lipinski definition) is 3. The van der Waals surface area contributed by atoms with Crippen LogP contribution in [0.15, 0.2) is 0 Å². The summed E-state index contributed by atoms with van der Waals surface area (Å²) in [6, 6.07) is -0.473. The molecule has 0 fully saturated rings. The monoisotopic (exact) mass is 526 g/mol. The van der Waals surface area contributed by atoms with Crippen molar-refractivity contribution in [2.75, 3.05) is 6.61 Å². The van der Waals surface area contributed by atoms with Crippen LogP contribution in [0.1, 0.15) is 200 Å². The van der Waals surface area contributed by atoms with Crippen LogP contribution in [0, 0.1) is 0 Å². The quantitative estimate of drug-likeness (QED) is 0.0765. The van der Waals surface area contributed by atoms with Crippen LogP contribution in [0.3, 0.4) is 0 Å². The molecule has 0 saturated carbocycles. The molecular weight excluding hydrogens is 454 g/mol. The molecule has 0 aromatic rings. The van der Waals surface area contributed by atoms with Crippen molar-refractivity contribution < 1.29 is 10.2 Å². The summed E-state index contributed by atoms with van der Waals surface area (Å²) in [4.78, 5) is 0. The molecule has 3 nitrogen and oxygen atoms in total. The zero-order chi connectivity index (χ0) is 27.1. The van der Waals surface area contributed by atoms with Crippen molar-refractivity contribution in [2.45, 2.75) is 212 Å². The van der Waals surface area contributed by atoms with Crippen LogP contribution < -0.4 is 5.73 Å². The topological polar surface area (TPSA) is 66.5 Å². The Balaban J connectivity index is 3.07. The minimum atomic E-state index is -0.543. The van der Waals surface area contributed by atoms with E-state index in [0.29, 0.717) is 0 Å². The van der Waals surface area contributed by atoms with Crippen molar-refractivity contribution in [3.63, 3.8) is 0 Å². The maximum Gasteiger partial charge on any atom is 0.0713 e. The van der Waals surface area contributed by atoms with Crippen LogP contribution in [-0.2, 0) is 0 Å². The Morgan fingerprint density at radius 1 is 0.405 bits per heavy atom. The molecule has 3 heteroatoms. The third-order valence-corrected chi connectivity index (χ3v) is 8.31. The van der Waals surface area contributed by atoms with E-state index < -0.39 is 12.1 Å². The van der Waals surface area contributed by atoms with Crippen LogP contribution in [0.2, 0.25) is 0 Å². The van der Waals surface area contributed by atoms with Crippen LogP contribution in [0.25, 0.3) is 0 Å². The first-order valence-electron chi connectivity index (χ1n) is 17.3. The van der Waals surface area contributed by atoms with Gasteiger partial charge in [-0.25, -0.2) is 0 Å². The summed E-state index contributed by atoms with van der Waals surface area (Å²) in [5.74, 6) is 0. The maximum atomic E-state index is 9.73. The lowest BCUT2D eigenvalue weighted by molar-refractivity contribution is 0.0990. The molecule has 0 spiro atoms. The van der Waals surface area contributed by atoms with Gasteiger partial charge in [0.1, 0.15) is 0 Å². The molecule has 0 aliphatic heterocycles. The highest BCUT2D eigenvalue weighted by molar-refractivity contribution is 4.70. The average molecular weight is 526 g/mol. The number of aliphatic hydroxyl groups is 2. The lowest BCUT2D eigenvalue weighted by atomic mass is 10.0. The van der Waals surface area contributed by atoms with Crippen molar-refractivity contribution in [3.8, 4) is 0 Å². The highest BCUT2D eigenvalue weighted by atomic mass is 16.3. The van der Waals surface area contributed by atoms with E-state index in [0.717, 1.165) is 12.8 Å². The van der Waals surface area contributed by atoms with Crippen LogP contribution in [-0.4, -0.2) is 29.0 Å². The van der Waals surface area contributed by atoms with Gasteiger partial charge < -0.3 is 15.9 Å². The Hall–Kier alpha value is -0.120. The normalized spacial score (nSPS) is 13.3. The molecule has 0 aromatic heterocycles. The molecule has 0 bridgehead atoms. The summed E-state index contributed by atoms with van der Waals surface area (Å²) in [5, 5.41) is 18.7. The van der Waals surface area contributed by atoms with Gasteiger partial charge in [-0.05, 0) is 6.42 Å². The van der Waals surface area contributed by atoms with Crippen LogP contribution >= 0.6 is 0 Å². The van der Waals surface area contributed by atoms with Gasteiger partial charge in [-0.3, -0.25) is 0 Å². The third kappa shape index (κ3) is 30.3. The molecule has 0 aliphatic carbocycles. The summed E-state index contributed by atoms with van der Waals surface area (Å²) in [6.07, 6.45) is 41.2. The number of nitrogens with two attached hydrogens (primary N) is 1. The van der Waals surface area contributed by atoms with Gasteiger partial charge in [-0.2, -0.15) is 0 Å². The molecule has 0 aromatic carbocycles. The minimum absolute atomic E-state index is 0.124. The Kier molecular flexibility index (Phi) is 32.0. The Morgan fingerprint density at radius 2 is 0.622 bits per heavy atom. The molecule has 0 heterocycles. The maximum absolute atomic E-state index is 9.73. The molecule has 0 saturated heterocycles. The Bertz CT molecular complexity index is 403. The predicted molar refractivity (Wildman–Crippen MR) is 165 cm³/mol. The number of unbranched alkanes of at least 4 members (excludes halogenated alkanes) is 28. The third-order valence-electron chi connectivity index (χ3n) is 8.31. The van der Waals surface area contributed by atoms with E-state index in [1.165, 1.54) is 180 Å². The van der Waals surface area contributed by atoms with Gasteiger partial charge in [0.15, 0.2) is 0 Å². The second-order valence-corrected chi connectivity index (χ2v) is 12.1. The number of hydrogen-bond acceptors (Lipinski definition) is 3. The van der Waals surface area contributed by atoms with E-state index in [4.69, 9.17) is 10.8 Å². The van der Waals surface area contributed by atoms with E-state index in [9.17, 15) is 5.11 Å². The van der Waals surface area contributed by atoms with E-state index in [-0.39, 0.29) is 6.61 Å². The van der Waals surface area contributed by atoms with Gasteiger partial charge in [0, 0.05) is 0 Å². The van der Waals surface area contributed by atoms with E-state index >= 15 is 0 Å². The van der Waals surface area contributed by atoms with Gasteiger partial charge >= 0.3 is 0 Å². The summed E-state index contributed by atoms with van der Waals surface area (Å²) in [5.41, 5.74) is 5.63. The fourth-order valence-corrected chi connectivity index (χ4v) is 5.54. The highest BCUT2D eigenvalue weighted by Gasteiger charge is 2.12. The summed E-state index contributed by atoms with van der Waals surface area (Å²) < 4.78 is 0. The minimum Gasteiger partial charge on any atom is -0.395 e. The van der Waals surface area contributed by atoms with Gasteiger partial charge in [-0.1, -0.05) is 193 Å². The van der Waals surface area contributed by atoms with E-state index in [1.54, 1.807) is 0 Å². The second-order valence-electron chi connectivity index (χ2n) is 12.1. The zero-order valence-electron chi connectivity index (χ0n) is 25.5. The van der Waals surface area contributed by atoms with Crippen molar-refractivity contribution in [1.82, 2.24) is 0 Å². The van der Waals surface area contributed by atoms with Crippen molar-refractivity contribution in [1.29, 1.82) is 0 Å². The van der Waals surface area contributed by atoms with Crippen molar-refractivity contribution >= 4 is 0 Å². The molecule has 4 N–H and O–H groups in total. The summed E-state index contributed by atoms with van der Waals surface area (Å²) >= 11 is 0. The molecule has 0 rings (SSSR count). The fourth-order valence-electron chi connectivity index (χ4n) is 5.54. The van der Waals surface area contributed by atoms with Gasteiger partial charge in [0.25, 0.3) is 0 Å². The largest absolute Gasteiger partial charge is 0.395 e. The molecule has 0 amide bonds. The van der Waals surface area contributed by atoms with Crippen molar-refractivity contribution in [3.05, 3.63) is 0 Å². The average Bonchev–Trinajstić information content (AvgIpc) is 2.91. The van der Waals surface area contributed by atoms with E-state index in [1.807, 2.05) is 0 Å². The molecule has 0 unspecified atom stereocenters. The van der Waals surface area contributed by atoms with E-state index in [2.05, 4.69) is 6.92 Å². The van der Waals surface area contributed by atoms with Crippen LogP contribution in [0.4, 0.5) is 0 Å². The number of aliphatic hydroxyl groups excluding tert-OH is 2. The van der Waals surface area contributed by atoms with Gasteiger partial charge in [0.05, 0.1) is 18.8 Å². The standard InChI is InChI=1S/C34H71NO2/c1-2-3-4-5-6-7-8-9-10-11-12-13-14-15-16-17-18-19-20-21-22-23-24-25-26-27-28-29-30-31-34(37)33(35)32-36/h33-34,36-37H,2-32,35H2,1H3/t33-,34+/m0/s1. The first kappa shape index (κ1) is 36.9. The number of rotatable bonds is 32. The Morgan fingerprint density at radius 3 is 0.838 bits per heavy atom. The van der Waals surface area contributed by atoms with Gasteiger partial charge in [-0.15, -0.1) is 0 Å². The lowest BCUT2D eigenvalue weighted by Crippen LogP contribution is -2.37. The highest BCUT2D eigenvalue weighted by Crippen LogP contribution is 2.16. The first-order chi connectivity index (χ1) is 18.2. The van der Waals surface area contributed by atoms with Crippen molar-refractivity contribution in [2.24, 2.45) is 5.73 Å². The first-order valence-corrected chi connectivity index (χ1v) is 17.3. The fraction of sp³-hybridized carbons (Fsp3) is 1.00. The molecular formula is C34H71NO2. The van der Waals surface area contributed by atoms with Gasteiger partial charge in [0.2, 0.25) is 0 Å². The van der Waals surface area contributed by atoms with Crippen LogP contribution in [0.5, 0.6) is 0 Å². The summed E-state index contributed by atoms with van der Waals surface area (Å²) in [7, 11) is 0. The molecule has 2 atom stereocenters. The molecule has 224 valence electrons. The molecule has 0 aliphatic rings. The zero-order valence-corrected chi connectivity index (χ0v) is 25.5. The molecule has 0 radical (unpaired) electrons. The SMILES string of the molecule is CCCCCCCCCCCCCCCCCCCCCCCCCCCCCCC[C@@H](O)[C@@H](N)CO. The second kappa shape index (κ2) is 32.1. The summed E-state index contributed by atoms with van der Waals surface area (Å²) in [6.45, 7) is 2.18. The Labute approximate surface area is 234 Å². The predicted octanol–water partition coefficient (Wildman–Crippen LogP) is 10.4. The molecule has 37 heavy (non-hydrogen) atoms. The lowest BCUT2D eigenvalue weighted by Gasteiger charge is -2.15. The smallest absolute Gasteiger partial charge is 0.0713 e.